The molecular formula is C15H16N2. The predicted octanol–water partition coefficient (Wildman–Crippen LogP) is 2.71. The highest BCUT2D eigenvalue weighted by molar-refractivity contribution is 5.79. The molecule has 0 aliphatic rings. The quantitative estimate of drug-likeness (QED) is 0.797. The molecule has 1 unspecified atom stereocenters. The molecule has 86 valence electrons. The SMILES string of the molecule is CCCC(N)C#Cc1cnc2ccccc2c1. The van der Waals surface area contributed by atoms with Crippen LogP contribution in [0.4, 0.5) is 0 Å². The minimum atomic E-state index is -0.0357. The molecule has 1 aromatic carbocycles. The minimum Gasteiger partial charge on any atom is -0.318 e. The Morgan fingerprint density at radius 2 is 2.18 bits per heavy atom. The Balaban J connectivity index is 2.25. The average molecular weight is 224 g/mol. The van der Waals surface area contributed by atoms with E-state index < -0.39 is 0 Å². The number of fused-ring (bicyclic) bond motifs is 1. The molecule has 0 saturated carbocycles. The van der Waals surface area contributed by atoms with Crippen LogP contribution in [0.15, 0.2) is 36.5 Å². The van der Waals surface area contributed by atoms with Gasteiger partial charge in [-0.3, -0.25) is 4.98 Å². The van der Waals surface area contributed by atoms with Gasteiger partial charge in [0.05, 0.1) is 11.6 Å². The van der Waals surface area contributed by atoms with Crippen molar-refractivity contribution in [3.63, 3.8) is 0 Å². The van der Waals surface area contributed by atoms with Crippen molar-refractivity contribution in [1.29, 1.82) is 0 Å². The average Bonchev–Trinajstić information content (AvgIpc) is 2.36. The molecule has 0 spiro atoms. The lowest BCUT2D eigenvalue weighted by Crippen LogP contribution is -2.16. The summed E-state index contributed by atoms with van der Waals surface area (Å²) in [4.78, 5) is 4.36. The number of rotatable bonds is 2. The lowest BCUT2D eigenvalue weighted by atomic mass is 10.1. The van der Waals surface area contributed by atoms with Crippen molar-refractivity contribution in [1.82, 2.24) is 4.98 Å². The molecule has 0 aliphatic carbocycles. The maximum Gasteiger partial charge on any atom is 0.0702 e. The monoisotopic (exact) mass is 224 g/mol. The van der Waals surface area contributed by atoms with Gasteiger partial charge < -0.3 is 5.73 Å². The summed E-state index contributed by atoms with van der Waals surface area (Å²) in [5, 5.41) is 1.11. The van der Waals surface area contributed by atoms with Gasteiger partial charge in [-0.1, -0.05) is 43.4 Å². The molecule has 17 heavy (non-hydrogen) atoms. The third-order valence-corrected chi connectivity index (χ3v) is 2.59. The second kappa shape index (κ2) is 5.47. The van der Waals surface area contributed by atoms with Crippen molar-refractivity contribution in [2.24, 2.45) is 5.73 Å². The summed E-state index contributed by atoms with van der Waals surface area (Å²) in [5.74, 6) is 6.14. The maximum atomic E-state index is 5.85. The van der Waals surface area contributed by atoms with Crippen LogP contribution in [0.2, 0.25) is 0 Å². The summed E-state index contributed by atoms with van der Waals surface area (Å²) in [6.07, 6.45) is 3.80. The molecule has 0 radical (unpaired) electrons. The van der Waals surface area contributed by atoms with Gasteiger partial charge in [0.25, 0.3) is 0 Å². The fraction of sp³-hybridized carbons (Fsp3) is 0.267. The summed E-state index contributed by atoms with van der Waals surface area (Å²) < 4.78 is 0. The lowest BCUT2D eigenvalue weighted by Gasteiger charge is -1.99. The zero-order valence-electron chi connectivity index (χ0n) is 9.98. The largest absolute Gasteiger partial charge is 0.318 e. The van der Waals surface area contributed by atoms with Gasteiger partial charge in [0.1, 0.15) is 0 Å². The van der Waals surface area contributed by atoms with E-state index in [0.29, 0.717) is 0 Å². The van der Waals surface area contributed by atoms with E-state index in [4.69, 9.17) is 5.73 Å². The zero-order valence-corrected chi connectivity index (χ0v) is 9.98. The normalized spacial score (nSPS) is 11.9. The van der Waals surface area contributed by atoms with Crippen LogP contribution in [-0.4, -0.2) is 11.0 Å². The van der Waals surface area contributed by atoms with Crippen molar-refractivity contribution in [3.8, 4) is 11.8 Å². The van der Waals surface area contributed by atoms with Gasteiger partial charge >= 0.3 is 0 Å². The molecular weight excluding hydrogens is 208 g/mol. The van der Waals surface area contributed by atoms with E-state index in [9.17, 15) is 0 Å². The second-order valence-electron chi connectivity index (χ2n) is 4.08. The zero-order chi connectivity index (χ0) is 12.1. The van der Waals surface area contributed by atoms with Crippen LogP contribution in [0.5, 0.6) is 0 Å². The first-order valence-corrected chi connectivity index (χ1v) is 5.91. The molecule has 1 aromatic heterocycles. The molecule has 0 saturated heterocycles. The summed E-state index contributed by atoms with van der Waals surface area (Å²) >= 11 is 0. The fourth-order valence-corrected chi connectivity index (χ4v) is 1.70. The first-order chi connectivity index (χ1) is 8.29. The van der Waals surface area contributed by atoms with E-state index in [0.717, 1.165) is 29.3 Å². The van der Waals surface area contributed by atoms with Crippen LogP contribution in [-0.2, 0) is 0 Å². The summed E-state index contributed by atoms with van der Waals surface area (Å²) in [6, 6.07) is 10.0. The number of benzene rings is 1. The van der Waals surface area contributed by atoms with Gasteiger partial charge in [-0.2, -0.15) is 0 Å². The molecule has 2 heteroatoms. The van der Waals surface area contributed by atoms with Crippen molar-refractivity contribution in [2.75, 3.05) is 0 Å². The highest BCUT2D eigenvalue weighted by Crippen LogP contribution is 2.11. The van der Waals surface area contributed by atoms with Gasteiger partial charge in [-0.05, 0) is 18.6 Å². The Hall–Kier alpha value is -1.85. The van der Waals surface area contributed by atoms with Crippen LogP contribution in [0.3, 0.4) is 0 Å². The number of nitrogens with two attached hydrogens (primary N) is 1. The number of aromatic nitrogens is 1. The summed E-state index contributed by atoms with van der Waals surface area (Å²) in [5.41, 5.74) is 7.77. The van der Waals surface area contributed by atoms with E-state index in [1.807, 2.05) is 30.3 Å². The van der Waals surface area contributed by atoms with Crippen LogP contribution < -0.4 is 5.73 Å². The molecule has 0 bridgehead atoms. The van der Waals surface area contributed by atoms with Crippen LogP contribution in [0, 0.1) is 11.8 Å². The molecule has 1 heterocycles. The van der Waals surface area contributed by atoms with Gasteiger partial charge in [0.2, 0.25) is 0 Å². The third-order valence-electron chi connectivity index (χ3n) is 2.59. The number of pyridine rings is 1. The van der Waals surface area contributed by atoms with Crippen molar-refractivity contribution >= 4 is 10.9 Å². The third kappa shape index (κ3) is 3.05. The van der Waals surface area contributed by atoms with E-state index in [-0.39, 0.29) is 6.04 Å². The Morgan fingerprint density at radius 1 is 1.35 bits per heavy atom. The summed E-state index contributed by atoms with van der Waals surface area (Å²) in [6.45, 7) is 2.11. The van der Waals surface area contributed by atoms with Crippen molar-refractivity contribution < 1.29 is 0 Å². The Bertz CT molecular complexity index is 564. The van der Waals surface area contributed by atoms with E-state index in [1.54, 1.807) is 6.20 Å². The minimum absolute atomic E-state index is 0.0357. The molecule has 2 nitrogen and oxygen atoms in total. The molecule has 2 aromatic rings. The number of para-hydroxylation sites is 1. The maximum absolute atomic E-state index is 5.85. The van der Waals surface area contributed by atoms with Crippen LogP contribution in [0.25, 0.3) is 10.9 Å². The smallest absolute Gasteiger partial charge is 0.0702 e. The standard InChI is InChI=1S/C15H16N2/c1-2-5-14(16)9-8-12-10-13-6-3-4-7-15(13)17-11-12/h3-4,6-7,10-11,14H,2,5,16H2,1H3. The highest BCUT2D eigenvalue weighted by Gasteiger charge is 1.96. The summed E-state index contributed by atoms with van der Waals surface area (Å²) in [7, 11) is 0. The molecule has 0 fully saturated rings. The van der Waals surface area contributed by atoms with E-state index in [1.165, 1.54) is 0 Å². The van der Waals surface area contributed by atoms with Crippen molar-refractivity contribution in [3.05, 3.63) is 42.1 Å². The molecule has 2 N–H and O–H groups in total. The number of hydrogen-bond acceptors (Lipinski definition) is 2. The molecule has 0 amide bonds. The first kappa shape index (κ1) is 11.6. The fourth-order valence-electron chi connectivity index (χ4n) is 1.70. The highest BCUT2D eigenvalue weighted by atomic mass is 14.6. The van der Waals surface area contributed by atoms with Gasteiger partial charge in [0, 0.05) is 17.1 Å². The number of nitrogens with zero attached hydrogens (tertiary/aromatic N) is 1. The van der Waals surface area contributed by atoms with Crippen molar-refractivity contribution in [2.45, 2.75) is 25.8 Å². The van der Waals surface area contributed by atoms with Gasteiger partial charge in [-0.25, -0.2) is 0 Å². The van der Waals surface area contributed by atoms with Crippen LogP contribution >= 0.6 is 0 Å². The Kier molecular flexibility index (Phi) is 3.74. The Morgan fingerprint density at radius 3 is 3.00 bits per heavy atom. The molecule has 0 aliphatic heterocycles. The van der Waals surface area contributed by atoms with Gasteiger partial charge in [-0.15, -0.1) is 0 Å². The first-order valence-electron chi connectivity index (χ1n) is 5.91. The number of hydrogen-bond donors (Lipinski definition) is 1. The van der Waals surface area contributed by atoms with Crippen LogP contribution in [0.1, 0.15) is 25.3 Å². The Labute approximate surface area is 102 Å². The van der Waals surface area contributed by atoms with E-state index >= 15 is 0 Å². The molecule has 1 atom stereocenters. The molecule has 2 rings (SSSR count). The topological polar surface area (TPSA) is 38.9 Å². The van der Waals surface area contributed by atoms with Gasteiger partial charge in [0.15, 0.2) is 0 Å². The lowest BCUT2D eigenvalue weighted by molar-refractivity contribution is 0.720. The van der Waals surface area contributed by atoms with E-state index in [2.05, 4.69) is 23.7 Å². The second-order valence-corrected chi connectivity index (χ2v) is 4.08. The predicted molar refractivity (Wildman–Crippen MR) is 71.5 cm³/mol.